The molecule has 1 saturated heterocycles. The first kappa shape index (κ1) is 12.3. The van der Waals surface area contributed by atoms with Crippen molar-refractivity contribution in [3.63, 3.8) is 0 Å². The molecule has 1 aromatic rings. The van der Waals surface area contributed by atoms with Crippen LogP contribution in [0.1, 0.15) is 19.8 Å². The zero-order chi connectivity index (χ0) is 12.3. The molecule has 0 aromatic carbocycles. The van der Waals surface area contributed by atoms with Gasteiger partial charge >= 0.3 is 0 Å². The van der Waals surface area contributed by atoms with Gasteiger partial charge in [-0.2, -0.15) is 21.7 Å². The number of rotatable bonds is 4. The minimum atomic E-state index is 0.232. The average molecular weight is 254 g/mol. The van der Waals surface area contributed by atoms with Crippen LogP contribution < -0.4 is 15.8 Å². The van der Waals surface area contributed by atoms with Gasteiger partial charge in [-0.05, 0) is 25.5 Å². The monoisotopic (exact) mass is 254 g/mol. The van der Waals surface area contributed by atoms with Crippen molar-refractivity contribution in [2.45, 2.75) is 24.5 Å². The smallest absolute Gasteiger partial charge is 0.225 e. The Morgan fingerprint density at radius 2 is 2.41 bits per heavy atom. The summed E-state index contributed by atoms with van der Waals surface area (Å²) in [4.78, 5) is 8.09. The van der Waals surface area contributed by atoms with E-state index in [1.807, 2.05) is 11.8 Å². The van der Waals surface area contributed by atoms with Gasteiger partial charge in [-0.1, -0.05) is 0 Å². The lowest BCUT2D eigenvalue weighted by atomic mass is 10.1. The van der Waals surface area contributed by atoms with Crippen LogP contribution in [-0.4, -0.2) is 34.1 Å². The minimum Gasteiger partial charge on any atom is -0.481 e. The molecule has 1 fully saturated rings. The summed E-state index contributed by atoms with van der Waals surface area (Å²) < 4.78 is 5.35. The van der Waals surface area contributed by atoms with Crippen molar-refractivity contribution in [3.8, 4) is 5.88 Å². The molecular formula is C11H18N4OS. The molecule has 1 unspecified atom stereocenters. The number of aromatic nitrogens is 2. The zero-order valence-corrected chi connectivity index (χ0v) is 11.0. The molecule has 94 valence electrons. The lowest BCUT2D eigenvalue weighted by Crippen LogP contribution is -2.27. The number of nitrogens with two attached hydrogens (primary N) is 1. The normalized spacial score (nSPS) is 23.6. The van der Waals surface area contributed by atoms with Crippen molar-refractivity contribution in [1.82, 2.24) is 9.97 Å². The second kappa shape index (κ2) is 5.00. The molecule has 0 bridgehead atoms. The molecule has 2 heterocycles. The summed E-state index contributed by atoms with van der Waals surface area (Å²) in [5.41, 5.74) is 5.60. The van der Waals surface area contributed by atoms with Crippen molar-refractivity contribution < 1.29 is 4.74 Å². The number of nitrogens with one attached hydrogen (secondary N) is 1. The third kappa shape index (κ3) is 3.15. The maximum absolute atomic E-state index is 5.60. The maximum Gasteiger partial charge on any atom is 0.225 e. The molecule has 1 aliphatic rings. The van der Waals surface area contributed by atoms with Gasteiger partial charge in [-0.3, -0.25) is 0 Å². The Balaban J connectivity index is 2.00. The fourth-order valence-electron chi connectivity index (χ4n) is 1.89. The SMILES string of the molecule is COc1cc(NCC2(C)CCCS2)nc(N)n1. The summed E-state index contributed by atoms with van der Waals surface area (Å²) in [7, 11) is 1.57. The van der Waals surface area contributed by atoms with E-state index in [1.54, 1.807) is 13.2 Å². The van der Waals surface area contributed by atoms with Crippen LogP contribution in [0.25, 0.3) is 0 Å². The highest BCUT2D eigenvalue weighted by molar-refractivity contribution is 8.00. The van der Waals surface area contributed by atoms with Crippen molar-refractivity contribution in [2.24, 2.45) is 0 Å². The van der Waals surface area contributed by atoms with Gasteiger partial charge in [-0.15, -0.1) is 0 Å². The van der Waals surface area contributed by atoms with Crippen molar-refractivity contribution in [1.29, 1.82) is 0 Å². The van der Waals surface area contributed by atoms with E-state index in [-0.39, 0.29) is 5.95 Å². The minimum absolute atomic E-state index is 0.232. The third-order valence-corrected chi connectivity index (χ3v) is 4.41. The van der Waals surface area contributed by atoms with E-state index < -0.39 is 0 Å². The number of thioether (sulfide) groups is 1. The highest BCUT2D eigenvalue weighted by atomic mass is 32.2. The number of methoxy groups -OCH3 is 1. The molecule has 0 spiro atoms. The van der Waals surface area contributed by atoms with Gasteiger partial charge in [0.2, 0.25) is 11.8 Å². The molecule has 0 saturated carbocycles. The first-order chi connectivity index (χ1) is 8.11. The van der Waals surface area contributed by atoms with Crippen LogP contribution in [-0.2, 0) is 0 Å². The Bertz CT molecular complexity index is 393. The van der Waals surface area contributed by atoms with Gasteiger partial charge in [0, 0.05) is 17.4 Å². The molecule has 0 radical (unpaired) electrons. The number of anilines is 2. The summed E-state index contributed by atoms with van der Waals surface area (Å²) in [6.07, 6.45) is 2.53. The van der Waals surface area contributed by atoms with E-state index in [4.69, 9.17) is 10.5 Å². The van der Waals surface area contributed by atoms with E-state index >= 15 is 0 Å². The lowest BCUT2D eigenvalue weighted by Gasteiger charge is -2.23. The predicted molar refractivity (Wildman–Crippen MR) is 71.6 cm³/mol. The fraction of sp³-hybridized carbons (Fsp3) is 0.636. The van der Waals surface area contributed by atoms with E-state index in [0.29, 0.717) is 10.6 Å². The van der Waals surface area contributed by atoms with Gasteiger partial charge in [0.25, 0.3) is 0 Å². The van der Waals surface area contributed by atoms with Crippen LogP contribution in [0.3, 0.4) is 0 Å². The van der Waals surface area contributed by atoms with Crippen LogP contribution in [0.5, 0.6) is 5.88 Å². The topological polar surface area (TPSA) is 73.1 Å². The molecule has 1 aromatic heterocycles. The second-order valence-electron chi connectivity index (χ2n) is 4.41. The van der Waals surface area contributed by atoms with E-state index in [2.05, 4.69) is 22.2 Å². The molecule has 0 aliphatic carbocycles. The highest BCUT2D eigenvalue weighted by Gasteiger charge is 2.29. The Morgan fingerprint density at radius 3 is 3.06 bits per heavy atom. The van der Waals surface area contributed by atoms with Crippen LogP contribution >= 0.6 is 11.8 Å². The van der Waals surface area contributed by atoms with Crippen molar-refractivity contribution in [2.75, 3.05) is 30.5 Å². The number of nitrogens with zero attached hydrogens (tertiary/aromatic N) is 2. The molecule has 1 aliphatic heterocycles. The first-order valence-electron chi connectivity index (χ1n) is 5.68. The largest absolute Gasteiger partial charge is 0.481 e. The van der Waals surface area contributed by atoms with Gasteiger partial charge in [0.1, 0.15) is 5.82 Å². The summed E-state index contributed by atoms with van der Waals surface area (Å²) in [5.74, 6) is 2.69. The van der Waals surface area contributed by atoms with E-state index in [9.17, 15) is 0 Å². The fourth-order valence-corrected chi connectivity index (χ4v) is 3.14. The summed E-state index contributed by atoms with van der Waals surface area (Å²) in [6, 6.07) is 1.76. The summed E-state index contributed by atoms with van der Waals surface area (Å²) >= 11 is 2.01. The Morgan fingerprint density at radius 1 is 1.59 bits per heavy atom. The molecule has 0 amide bonds. The van der Waals surface area contributed by atoms with Crippen LogP contribution in [0, 0.1) is 0 Å². The van der Waals surface area contributed by atoms with E-state index in [0.717, 1.165) is 12.4 Å². The molecule has 6 heteroatoms. The standard InChI is InChI=1S/C11H18N4OS/c1-11(4-3-5-17-11)7-13-8-6-9(16-2)15-10(12)14-8/h6H,3-5,7H2,1-2H3,(H3,12,13,14,15). The van der Waals surface area contributed by atoms with Gasteiger partial charge in [-0.25, -0.2) is 0 Å². The maximum atomic E-state index is 5.60. The Hall–Kier alpha value is -1.17. The Labute approximate surface area is 106 Å². The molecule has 5 nitrogen and oxygen atoms in total. The third-order valence-electron chi connectivity index (χ3n) is 2.87. The quantitative estimate of drug-likeness (QED) is 0.853. The van der Waals surface area contributed by atoms with Gasteiger partial charge in [0.15, 0.2) is 0 Å². The number of hydrogen-bond donors (Lipinski definition) is 2. The predicted octanol–water partition coefficient (Wildman–Crippen LogP) is 1.76. The zero-order valence-electron chi connectivity index (χ0n) is 10.2. The Kier molecular flexibility index (Phi) is 3.61. The average Bonchev–Trinajstić information content (AvgIpc) is 2.73. The molecule has 3 N–H and O–H groups in total. The van der Waals surface area contributed by atoms with E-state index in [1.165, 1.54) is 18.6 Å². The van der Waals surface area contributed by atoms with Crippen LogP contribution in [0.2, 0.25) is 0 Å². The van der Waals surface area contributed by atoms with Gasteiger partial charge in [0.05, 0.1) is 7.11 Å². The van der Waals surface area contributed by atoms with Gasteiger partial charge < -0.3 is 15.8 Å². The molecule has 1 atom stereocenters. The number of nitrogen functional groups attached to an aromatic ring is 1. The van der Waals surface area contributed by atoms with Crippen molar-refractivity contribution >= 4 is 23.5 Å². The van der Waals surface area contributed by atoms with Crippen LogP contribution in [0.4, 0.5) is 11.8 Å². The second-order valence-corrected chi connectivity index (χ2v) is 6.09. The molecule has 2 rings (SSSR count). The first-order valence-corrected chi connectivity index (χ1v) is 6.66. The number of hydrogen-bond acceptors (Lipinski definition) is 6. The summed E-state index contributed by atoms with van der Waals surface area (Å²) in [6.45, 7) is 3.16. The molecular weight excluding hydrogens is 236 g/mol. The lowest BCUT2D eigenvalue weighted by molar-refractivity contribution is 0.398. The number of ether oxygens (including phenoxy) is 1. The van der Waals surface area contributed by atoms with Crippen molar-refractivity contribution in [3.05, 3.63) is 6.07 Å². The summed E-state index contributed by atoms with van der Waals surface area (Å²) in [5, 5.41) is 3.31. The molecule has 17 heavy (non-hydrogen) atoms. The van der Waals surface area contributed by atoms with Crippen LogP contribution in [0.15, 0.2) is 6.07 Å². The highest BCUT2D eigenvalue weighted by Crippen LogP contribution is 2.37.